The molecule has 25 heavy (non-hydrogen) atoms. The zero-order chi connectivity index (χ0) is 17.3. The fraction of sp³-hybridized carbons (Fsp3) is 0.619. The van der Waals surface area contributed by atoms with Gasteiger partial charge in [0.25, 0.3) is 0 Å². The van der Waals surface area contributed by atoms with Gasteiger partial charge in [-0.2, -0.15) is 0 Å². The monoisotopic (exact) mass is 382 g/mol. The lowest BCUT2D eigenvalue weighted by atomic mass is 10.2. The van der Waals surface area contributed by atoms with Crippen LogP contribution >= 0.6 is 0 Å². The fourth-order valence-electron chi connectivity index (χ4n) is 2.87. The van der Waals surface area contributed by atoms with Gasteiger partial charge in [0.1, 0.15) is 5.75 Å². The van der Waals surface area contributed by atoms with Crippen molar-refractivity contribution >= 4 is 22.7 Å². The molecule has 0 amide bonds. The minimum Gasteiger partial charge on any atom is -0.494 e. The van der Waals surface area contributed by atoms with Crippen LogP contribution in [0.2, 0.25) is 38.3 Å². The predicted molar refractivity (Wildman–Crippen MR) is 121 cm³/mol. The maximum atomic E-state index is 6.63. The minimum atomic E-state index is -1.58. The SMILES string of the molecule is C.C.C=Cc1cccc(OCCC[Si](C)(C)O[Si](C)(C)CCCC)c1. The van der Waals surface area contributed by atoms with Gasteiger partial charge in [-0.15, -0.1) is 0 Å². The molecule has 0 spiro atoms. The number of unbranched alkanes of at least 4 members (excludes halogenated alkanes) is 1. The molecule has 146 valence electrons. The molecule has 0 unspecified atom stereocenters. The fourth-order valence-corrected chi connectivity index (χ4v) is 11.9. The lowest BCUT2D eigenvalue weighted by Gasteiger charge is -2.34. The zero-order valence-corrected chi connectivity index (χ0v) is 17.7. The second-order valence-electron chi connectivity index (χ2n) is 7.45. The molecule has 0 aliphatic heterocycles. The molecule has 0 heterocycles. The van der Waals surface area contributed by atoms with E-state index in [1.165, 1.54) is 18.9 Å². The van der Waals surface area contributed by atoms with Crippen LogP contribution in [0.15, 0.2) is 30.8 Å². The van der Waals surface area contributed by atoms with Gasteiger partial charge in [0.2, 0.25) is 0 Å². The highest BCUT2D eigenvalue weighted by Gasteiger charge is 2.32. The molecule has 4 heteroatoms. The zero-order valence-electron chi connectivity index (χ0n) is 15.7. The van der Waals surface area contributed by atoms with E-state index < -0.39 is 16.6 Å². The Bertz CT molecular complexity index is 485. The molecule has 1 rings (SSSR count). The molecule has 0 saturated carbocycles. The molecule has 0 aliphatic rings. The summed E-state index contributed by atoms with van der Waals surface area (Å²) in [6.45, 7) is 16.3. The van der Waals surface area contributed by atoms with E-state index in [0.29, 0.717) is 0 Å². The number of ether oxygens (including phenoxy) is 1. The minimum absolute atomic E-state index is 0. The molecule has 1 aromatic rings. The first kappa shape index (κ1) is 26.4. The van der Waals surface area contributed by atoms with Crippen LogP contribution < -0.4 is 4.74 Å². The van der Waals surface area contributed by atoms with E-state index in [9.17, 15) is 0 Å². The van der Waals surface area contributed by atoms with Crippen molar-refractivity contribution in [3.05, 3.63) is 36.4 Å². The Kier molecular flexibility index (Phi) is 13.2. The van der Waals surface area contributed by atoms with E-state index in [-0.39, 0.29) is 14.9 Å². The number of hydrogen-bond donors (Lipinski definition) is 0. The molecule has 2 nitrogen and oxygen atoms in total. The summed E-state index contributed by atoms with van der Waals surface area (Å²) < 4.78 is 12.5. The first-order chi connectivity index (χ1) is 10.8. The maximum Gasteiger partial charge on any atom is 0.173 e. The Balaban J connectivity index is 0. The Morgan fingerprint density at radius 3 is 2.16 bits per heavy atom. The smallest absolute Gasteiger partial charge is 0.173 e. The molecular formula is C21H42O2Si2. The molecule has 0 radical (unpaired) electrons. The molecular weight excluding hydrogens is 340 g/mol. The van der Waals surface area contributed by atoms with E-state index in [1.54, 1.807) is 0 Å². The van der Waals surface area contributed by atoms with Crippen molar-refractivity contribution in [2.45, 2.75) is 79.3 Å². The van der Waals surface area contributed by atoms with Crippen LogP contribution in [0, 0.1) is 0 Å². The summed E-state index contributed by atoms with van der Waals surface area (Å²) in [6.07, 6.45) is 5.47. The molecule has 0 atom stereocenters. The van der Waals surface area contributed by atoms with Gasteiger partial charge < -0.3 is 8.85 Å². The van der Waals surface area contributed by atoms with Crippen molar-refractivity contribution in [3.63, 3.8) is 0 Å². The van der Waals surface area contributed by atoms with Crippen molar-refractivity contribution in [1.82, 2.24) is 0 Å². The Labute approximate surface area is 159 Å². The molecule has 0 fully saturated rings. The van der Waals surface area contributed by atoms with Crippen LogP contribution in [0.5, 0.6) is 5.75 Å². The van der Waals surface area contributed by atoms with Crippen molar-refractivity contribution in [3.8, 4) is 5.75 Å². The van der Waals surface area contributed by atoms with Gasteiger partial charge in [-0.3, -0.25) is 0 Å². The van der Waals surface area contributed by atoms with Crippen molar-refractivity contribution in [2.24, 2.45) is 0 Å². The molecule has 0 bridgehead atoms. The Morgan fingerprint density at radius 1 is 1.00 bits per heavy atom. The second kappa shape index (κ2) is 12.5. The van der Waals surface area contributed by atoms with Crippen LogP contribution in [0.1, 0.15) is 46.6 Å². The quantitative estimate of drug-likeness (QED) is 0.290. The number of rotatable bonds is 11. The Hall–Kier alpha value is -0.846. The first-order valence-corrected chi connectivity index (χ1v) is 15.1. The highest BCUT2D eigenvalue weighted by atomic mass is 28.4. The number of benzene rings is 1. The first-order valence-electron chi connectivity index (χ1n) is 8.83. The Morgan fingerprint density at radius 2 is 1.60 bits per heavy atom. The van der Waals surface area contributed by atoms with E-state index in [2.05, 4.69) is 39.7 Å². The third-order valence-electron chi connectivity index (χ3n) is 3.97. The van der Waals surface area contributed by atoms with Gasteiger partial charge >= 0.3 is 0 Å². The summed E-state index contributed by atoms with van der Waals surface area (Å²) in [4.78, 5) is 0. The van der Waals surface area contributed by atoms with E-state index >= 15 is 0 Å². The van der Waals surface area contributed by atoms with E-state index in [0.717, 1.165) is 30.4 Å². The van der Waals surface area contributed by atoms with Gasteiger partial charge in [0.15, 0.2) is 16.6 Å². The van der Waals surface area contributed by atoms with E-state index in [4.69, 9.17) is 8.85 Å². The van der Waals surface area contributed by atoms with Crippen LogP contribution in [-0.4, -0.2) is 23.2 Å². The second-order valence-corrected chi connectivity index (χ2v) is 16.3. The van der Waals surface area contributed by atoms with Crippen LogP contribution in [0.4, 0.5) is 0 Å². The predicted octanol–water partition coefficient (Wildman–Crippen LogP) is 7.60. The van der Waals surface area contributed by atoms with Gasteiger partial charge in [0.05, 0.1) is 6.61 Å². The molecule has 1 aromatic carbocycles. The summed E-state index contributed by atoms with van der Waals surface area (Å²) >= 11 is 0. The summed E-state index contributed by atoms with van der Waals surface area (Å²) in [6, 6.07) is 10.5. The van der Waals surface area contributed by atoms with E-state index in [1.807, 2.05) is 30.3 Å². The van der Waals surface area contributed by atoms with Gasteiger partial charge in [-0.25, -0.2) is 0 Å². The molecule has 0 N–H and O–H groups in total. The summed E-state index contributed by atoms with van der Waals surface area (Å²) in [5.41, 5.74) is 1.10. The maximum absolute atomic E-state index is 6.63. The highest BCUT2D eigenvalue weighted by Crippen LogP contribution is 2.24. The normalized spacial score (nSPS) is 11.2. The van der Waals surface area contributed by atoms with Crippen molar-refractivity contribution in [2.75, 3.05) is 6.61 Å². The highest BCUT2D eigenvalue weighted by molar-refractivity contribution is 6.84. The average molecular weight is 383 g/mol. The number of hydrogen-bond acceptors (Lipinski definition) is 2. The van der Waals surface area contributed by atoms with Gasteiger partial charge in [0, 0.05) is 0 Å². The third-order valence-corrected chi connectivity index (χ3v) is 11.5. The lowest BCUT2D eigenvalue weighted by Crippen LogP contribution is -2.44. The molecule has 0 saturated heterocycles. The van der Waals surface area contributed by atoms with Crippen LogP contribution in [0.25, 0.3) is 6.08 Å². The molecule has 0 aliphatic carbocycles. The average Bonchev–Trinajstić information content (AvgIpc) is 2.49. The van der Waals surface area contributed by atoms with Crippen LogP contribution in [-0.2, 0) is 4.12 Å². The van der Waals surface area contributed by atoms with Gasteiger partial charge in [-0.1, -0.05) is 59.4 Å². The third kappa shape index (κ3) is 11.4. The lowest BCUT2D eigenvalue weighted by molar-refractivity contribution is 0.314. The topological polar surface area (TPSA) is 18.5 Å². The molecule has 0 aromatic heterocycles. The van der Waals surface area contributed by atoms with Gasteiger partial charge in [-0.05, 0) is 62.4 Å². The summed E-state index contributed by atoms with van der Waals surface area (Å²) in [5, 5.41) is 0. The van der Waals surface area contributed by atoms with Crippen molar-refractivity contribution < 1.29 is 8.85 Å². The summed E-state index contributed by atoms with van der Waals surface area (Å²) in [7, 11) is -3.07. The van der Waals surface area contributed by atoms with Crippen LogP contribution in [0.3, 0.4) is 0 Å². The van der Waals surface area contributed by atoms with Crippen molar-refractivity contribution in [1.29, 1.82) is 0 Å². The standard InChI is InChI=1S/C19H34O2Si2.2CH4/c1-7-9-15-22(3,4)21-23(5,6)16-11-14-20-19-13-10-12-18(8-2)17-19;;/h8,10,12-13,17H,2,7,9,11,14-16H2,1,3-6H3;2*1H4. The largest absolute Gasteiger partial charge is 0.494 e. The summed E-state index contributed by atoms with van der Waals surface area (Å²) in [5.74, 6) is 0.931.